The summed E-state index contributed by atoms with van der Waals surface area (Å²) in [5.41, 5.74) is 0.0343. The lowest BCUT2D eigenvalue weighted by atomic mass is 10.1. The fourth-order valence-corrected chi connectivity index (χ4v) is 1.38. The van der Waals surface area contributed by atoms with Crippen LogP contribution in [0, 0.1) is 0 Å². The molecule has 0 saturated carbocycles. The van der Waals surface area contributed by atoms with Crippen molar-refractivity contribution < 1.29 is 29.6 Å². The van der Waals surface area contributed by atoms with Gasteiger partial charge in [-0.3, -0.25) is 4.79 Å². The molecule has 4 N–H and O–H groups in total. The summed E-state index contributed by atoms with van der Waals surface area (Å²) in [4.78, 5) is 23.6. The number of carbonyl (C=O) groups is 2. The van der Waals surface area contributed by atoms with Crippen LogP contribution < -0.4 is 0 Å². The summed E-state index contributed by atoms with van der Waals surface area (Å²) in [5, 5.41) is 28.2. The van der Waals surface area contributed by atoms with Crippen molar-refractivity contribution in [2.75, 3.05) is 6.61 Å². The highest BCUT2D eigenvalue weighted by Gasteiger charge is 2.44. The van der Waals surface area contributed by atoms with Crippen LogP contribution in [0.25, 0.3) is 0 Å². The van der Waals surface area contributed by atoms with Gasteiger partial charge >= 0.3 is 5.97 Å². The third kappa shape index (κ3) is 2.52. The standard InChI is InChI=1S/C10H13NO6/c1-2-17-10(16,8(13)9(14)15)7-4-3-6(5-12)11-7/h3-5,8,11,13,16H,2H2,1H3,(H,14,15). The molecular formula is C10H13NO6. The number of aromatic nitrogens is 1. The zero-order chi connectivity index (χ0) is 13.1. The number of H-pyrrole nitrogens is 1. The van der Waals surface area contributed by atoms with Gasteiger partial charge in [-0.25, -0.2) is 4.79 Å². The highest BCUT2D eigenvalue weighted by Crippen LogP contribution is 2.26. The summed E-state index contributed by atoms with van der Waals surface area (Å²) in [6.07, 6.45) is -1.68. The third-order valence-electron chi connectivity index (χ3n) is 2.19. The van der Waals surface area contributed by atoms with Crippen molar-refractivity contribution in [3.63, 3.8) is 0 Å². The molecular weight excluding hydrogens is 230 g/mol. The Hall–Kier alpha value is -1.70. The van der Waals surface area contributed by atoms with E-state index < -0.39 is 17.9 Å². The first-order valence-corrected chi connectivity index (χ1v) is 4.87. The molecule has 0 radical (unpaired) electrons. The largest absolute Gasteiger partial charge is 0.479 e. The van der Waals surface area contributed by atoms with E-state index in [1.54, 1.807) is 0 Å². The SMILES string of the molecule is CCOC(O)(c1ccc(C=O)[nH]1)C(O)C(=O)O. The second-order valence-electron chi connectivity index (χ2n) is 3.32. The Morgan fingerprint density at radius 1 is 1.65 bits per heavy atom. The first-order valence-electron chi connectivity index (χ1n) is 4.87. The Morgan fingerprint density at radius 3 is 2.71 bits per heavy atom. The second kappa shape index (κ2) is 5.09. The van der Waals surface area contributed by atoms with Gasteiger partial charge in [0.1, 0.15) is 0 Å². The number of hydrogen-bond donors (Lipinski definition) is 4. The summed E-state index contributed by atoms with van der Waals surface area (Å²) in [6.45, 7) is 1.51. The molecule has 0 amide bonds. The zero-order valence-corrected chi connectivity index (χ0v) is 9.08. The topological polar surface area (TPSA) is 120 Å². The first kappa shape index (κ1) is 13.4. The molecule has 0 aromatic carbocycles. The number of hydrogen-bond acceptors (Lipinski definition) is 5. The van der Waals surface area contributed by atoms with Gasteiger partial charge in [0.15, 0.2) is 6.29 Å². The van der Waals surface area contributed by atoms with Crippen LogP contribution in [0.3, 0.4) is 0 Å². The van der Waals surface area contributed by atoms with E-state index in [1.807, 2.05) is 0 Å². The molecule has 0 bridgehead atoms. The van der Waals surface area contributed by atoms with Crippen molar-refractivity contribution >= 4 is 12.3 Å². The molecule has 1 aromatic heterocycles. The van der Waals surface area contributed by atoms with Gasteiger partial charge in [0.25, 0.3) is 0 Å². The Bertz CT molecular complexity index is 415. The summed E-state index contributed by atoms with van der Waals surface area (Å²) in [5.74, 6) is -4.05. The van der Waals surface area contributed by atoms with E-state index in [4.69, 9.17) is 9.84 Å². The lowest BCUT2D eigenvalue weighted by molar-refractivity contribution is -0.265. The average Bonchev–Trinajstić information content (AvgIpc) is 2.77. The Labute approximate surface area is 96.6 Å². The third-order valence-corrected chi connectivity index (χ3v) is 2.19. The highest BCUT2D eigenvalue weighted by molar-refractivity contribution is 5.74. The van der Waals surface area contributed by atoms with E-state index in [9.17, 15) is 19.8 Å². The number of aliphatic hydroxyl groups is 2. The van der Waals surface area contributed by atoms with Crippen LogP contribution in [-0.4, -0.2) is 45.3 Å². The smallest absolute Gasteiger partial charge is 0.338 e. The predicted molar refractivity (Wildman–Crippen MR) is 55.3 cm³/mol. The van der Waals surface area contributed by atoms with Crippen LogP contribution in [-0.2, 0) is 15.3 Å². The fourth-order valence-electron chi connectivity index (χ4n) is 1.38. The van der Waals surface area contributed by atoms with Crippen LogP contribution in [0.1, 0.15) is 23.1 Å². The normalized spacial score (nSPS) is 16.2. The van der Waals surface area contributed by atoms with Crippen LogP contribution in [0.4, 0.5) is 0 Å². The molecule has 7 heteroatoms. The molecule has 1 rings (SSSR count). The maximum Gasteiger partial charge on any atom is 0.338 e. The van der Waals surface area contributed by atoms with Crippen molar-refractivity contribution in [1.82, 2.24) is 4.98 Å². The maximum absolute atomic E-state index is 10.7. The molecule has 17 heavy (non-hydrogen) atoms. The number of nitrogens with one attached hydrogen (secondary N) is 1. The van der Waals surface area contributed by atoms with Crippen molar-refractivity contribution in [2.24, 2.45) is 0 Å². The lowest BCUT2D eigenvalue weighted by Crippen LogP contribution is -2.47. The van der Waals surface area contributed by atoms with Crippen molar-refractivity contribution in [3.05, 3.63) is 23.5 Å². The van der Waals surface area contributed by atoms with Crippen molar-refractivity contribution in [1.29, 1.82) is 0 Å². The molecule has 0 aliphatic heterocycles. The minimum atomic E-state index is -2.41. The van der Waals surface area contributed by atoms with Gasteiger partial charge in [-0.1, -0.05) is 0 Å². The van der Waals surface area contributed by atoms with Crippen LogP contribution in [0.2, 0.25) is 0 Å². The first-order chi connectivity index (χ1) is 7.95. The number of aliphatic hydroxyl groups excluding tert-OH is 1. The molecule has 0 fully saturated rings. The van der Waals surface area contributed by atoms with E-state index in [1.165, 1.54) is 19.1 Å². The van der Waals surface area contributed by atoms with Gasteiger partial charge in [0, 0.05) is 6.61 Å². The molecule has 0 spiro atoms. The molecule has 0 aliphatic carbocycles. The van der Waals surface area contributed by atoms with E-state index >= 15 is 0 Å². The molecule has 2 unspecified atom stereocenters. The average molecular weight is 243 g/mol. The summed E-state index contributed by atoms with van der Waals surface area (Å²) in [7, 11) is 0. The number of carboxylic acid groups (broad SMARTS) is 1. The summed E-state index contributed by atoms with van der Waals surface area (Å²) < 4.78 is 4.87. The van der Waals surface area contributed by atoms with Gasteiger partial charge in [0.05, 0.1) is 11.4 Å². The number of ether oxygens (including phenoxy) is 1. The quantitative estimate of drug-likeness (QED) is 0.393. The lowest BCUT2D eigenvalue weighted by Gasteiger charge is -2.29. The number of aldehydes is 1. The maximum atomic E-state index is 10.7. The second-order valence-corrected chi connectivity index (χ2v) is 3.32. The molecule has 1 heterocycles. The molecule has 7 nitrogen and oxygen atoms in total. The van der Waals surface area contributed by atoms with E-state index in [0.29, 0.717) is 6.29 Å². The molecule has 94 valence electrons. The van der Waals surface area contributed by atoms with Gasteiger partial charge in [-0.05, 0) is 19.1 Å². The van der Waals surface area contributed by atoms with Gasteiger partial charge in [-0.15, -0.1) is 0 Å². The van der Waals surface area contributed by atoms with Crippen LogP contribution in [0.5, 0.6) is 0 Å². The van der Waals surface area contributed by atoms with Crippen LogP contribution in [0.15, 0.2) is 12.1 Å². The van der Waals surface area contributed by atoms with Gasteiger partial charge in [0.2, 0.25) is 11.9 Å². The number of carboxylic acids is 1. The van der Waals surface area contributed by atoms with Gasteiger partial charge in [-0.2, -0.15) is 0 Å². The number of carbonyl (C=O) groups excluding carboxylic acids is 1. The molecule has 0 aliphatic rings. The van der Waals surface area contributed by atoms with E-state index in [0.717, 1.165) is 0 Å². The highest BCUT2D eigenvalue weighted by atomic mass is 16.6. The number of aliphatic carboxylic acids is 1. The molecule has 0 saturated heterocycles. The Balaban J connectivity index is 3.14. The van der Waals surface area contributed by atoms with E-state index in [-0.39, 0.29) is 18.0 Å². The number of aromatic amines is 1. The molecule has 2 atom stereocenters. The minimum absolute atomic E-state index is 0.0176. The Kier molecular flexibility index (Phi) is 4.00. The minimum Gasteiger partial charge on any atom is -0.479 e. The van der Waals surface area contributed by atoms with Crippen LogP contribution >= 0.6 is 0 Å². The summed E-state index contributed by atoms with van der Waals surface area (Å²) >= 11 is 0. The monoisotopic (exact) mass is 243 g/mol. The van der Waals surface area contributed by atoms with E-state index in [2.05, 4.69) is 4.98 Å². The fraction of sp³-hybridized carbons (Fsp3) is 0.400. The number of rotatable bonds is 6. The predicted octanol–water partition coefficient (Wildman–Crippen LogP) is -0.546. The summed E-state index contributed by atoms with van der Waals surface area (Å²) in [6, 6.07) is 2.60. The zero-order valence-electron chi connectivity index (χ0n) is 9.08. The Morgan fingerprint density at radius 2 is 2.29 bits per heavy atom. The van der Waals surface area contributed by atoms with Crippen molar-refractivity contribution in [2.45, 2.75) is 18.8 Å². The molecule has 1 aromatic rings. The van der Waals surface area contributed by atoms with Crippen molar-refractivity contribution in [3.8, 4) is 0 Å². The van der Waals surface area contributed by atoms with Gasteiger partial charge < -0.3 is 25.0 Å².